The lowest BCUT2D eigenvalue weighted by Gasteiger charge is -2.10. The summed E-state index contributed by atoms with van der Waals surface area (Å²) in [6, 6.07) is 9.58. The van der Waals surface area contributed by atoms with Gasteiger partial charge in [0.05, 0.1) is 30.0 Å². The second kappa shape index (κ2) is 6.83. The van der Waals surface area contributed by atoms with Gasteiger partial charge in [-0.05, 0) is 5.56 Å². The molecule has 2 aromatic heterocycles. The first-order valence-corrected chi connectivity index (χ1v) is 8.26. The van der Waals surface area contributed by atoms with Crippen LogP contribution in [0.4, 0.5) is 0 Å². The van der Waals surface area contributed by atoms with E-state index in [9.17, 15) is 9.59 Å². The van der Waals surface area contributed by atoms with Gasteiger partial charge in [0.15, 0.2) is 12.1 Å². The summed E-state index contributed by atoms with van der Waals surface area (Å²) in [5.41, 5.74) is 2.62. The van der Waals surface area contributed by atoms with E-state index in [0.29, 0.717) is 25.1 Å². The largest absolute Gasteiger partial charge is 0.451 e. The van der Waals surface area contributed by atoms with Crippen LogP contribution in [0.3, 0.4) is 0 Å². The summed E-state index contributed by atoms with van der Waals surface area (Å²) < 4.78 is 6.57. The number of carbonyl (C=O) groups excluding carboxylic acids is 2. The van der Waals surface area contributed by atoms with Crippen molar-refractivity contribution >= 4 is 11.8 Å². The first-order chi connectivity index (χ1) is 12.7. The highest BCUT2D eigenvalue weighted by Crippen LogP contribution is 2.19. The molecule has 0 spiro atoms. The van der Waals surface area contributed by atoms with Gasteiger partial charge in [-0.25, -0.2) is 4.98 Å². The van der Waals surface area contributed by atoms with Gasteiger partial charge in [-0.15, -0.1) is 0 Å². The number of nitrogens with one attached hydrogen (secondary N) is 2. The molecule has 1 atom stereocenters. The summed E-state index contributed by atoms with van der Waals surface area (Å²) >= 11 is 0. The van der Waals surface area contributed by atoms with Gasteiger partial charge >= 0.3 is 0 Å². The number of aromatic nitrogens is 3. The number of hydrogen-bond acceptors (Lipinski definition) is 5. The van der Waals surface area contributed by atoms with Crippen molar-refractivity contribution in [2.75, 3.05) is 0 Å². The third-order valence-electron chi connectivity index (χ3n) is 4.32. The van der Waals surface area contributed by atoms with Gasteiger partial charge in [0.1, 0.15) is 6.26 Å². The van der Waals surface area contributed by atoms with E-state index in [2.05, 4.69) is 20.7 Å². The molecule has 0 fully saturated rings. The number of benzene rings is 1. The third kappa shape index (κ3) is 3.21. The zero-order chi connectivity index (χ0) is 17.9. The van der Waals surface area contributed by atoms with E-state index in [1.54, 1.807) is 10.9 Å². The number of hydrogen-bond donors (Lipinski definition) is 2. The maximum Gasteiger partial charge on any atom is 0.273 e. The van der Waals surface area contributed by atoms with Crippen molar-refractivity contribution in [1.29, 1.82) is 0 Å². The fourth-order valence-electron chi connectivity index (χ4n) is 3.03. The highest BCUT2D eigenvalue weighted by Gasteiger charge is 2.29. The Morgan fingerprint density at radius 3 is 2.85 bits per heavy atom. The Hall–Kier alpha value is -3.42. The van der Waals surface area contributed by atoms with Crippen molar-refractivity contribution in [2.24, 2.45) is 0 Å². The standard InChI is InChI=1S/C18H17N5O3/c24-17(19-7-12-4-2-1-3-5-12)14-8-21-23-9-13(6-16(14)23)22-18(25)15-10-26-11-20-15/h1-5,8,10-11,13H,6-7,9H2,(H,19,24)(H,22,25)/t13-/m0/s1. The number of carbonyl (C=O) groups is 2. The fraction of sp³-hybridized carbons (Fsp3) is 0.222. The van der Waals surface area contributed by atoms with Crippen LogP contribution in [0.25, 0.3) is 0 Å². The van der Waals surface area contributed by atoms with Crippen LogP contribution in [0.1, 0.15) is 32.1 Å². The Bertz CT molecular complexity index is 918. The average Bonchev–Trinajstić information content (AvgIpc) is 3.37. The van der Waals surface area contributed by atoms with Gasteiger partial charge in [-0.1, -0.05) is 30.3 Å². The molecule has 2 N–H and O–H groups in total. The topological polar surface area (TPSA) is 102 Å². The molecule has 132 valence electrons. The molecule has 0 unspecified atom stereocenters. The fourth-order valence-corrected chi connectivity index (χ4v) is 3.03. The monoisotopic (exact) mass is 351 g/mol. The van der Waals surface area contributed by atoms with Crippen LogP contribution in [0.15, 0.2) is 53.6 Å². The predicted octanol–water partition coefficient (Wildman–Crippen LogP) is 1.16. The van der Waals surface area contributed by atoms with Crippen LogP contribution in [0.2, 0.25) is 0 Å². The Labute approximate surface area is 149 Å². The first-order valence-electron chi connectivity index (χ1n) is 8.26. The quantitative estimate of drug-likeness (QED) is 0.718. The minimum atomic E-state index is -0.301. The summed E-state index contributed by atoms with van der Waals surface area (Å²) in [5.74, 6) is -0.469. The van der Waals surface area contributed by atoms with Gasteiger partial charge in [-0.3, -0.25) is 14.3 Å². The molecule has 8 heteroatoms. The van der Waals surface area contributed by atoms with Crippen LogP contribution in [0.5, 0.6) is 0 Å². The van der Waals surface area contributed by atoms with Gasteiger partial charge in [0.2, 0.25) is 0 Å². The highest BCUT2D eigenvalue weighted by molar-refractivity contribution is 5.95. The zero-order valence-corrected chi connectivity index (χ0v) is 13.9. The van der Waals surface area contributed by atoms with E-state index in [1.165, 1.54) is 12.7 Å². The van der Waals surface area contributed by atoms with E-state index in [-0.39, 0.29) is 23.6 Å². The molecule has 0 aliphatic carbocycles. The maximum atomic E-state index is 12.5. The van der Waals surface area contributed by atoms with Gasteiger partial charge in [0.25, 0.3) is 11.8 Å². The molecule has 0 saturated heterocycles. The SMILES string of the molecule is O=C(N[C@H]1Cc2c(C(=O)NCc3ccccc3)cnn2C1)c1cocn1. The second-order valence-electron chi connectivity index (χ2n) is 6.10. The van der Waals surface area contributed by atoms with E-state index in [4.69, 9.17) is 4.42 Å². The van der Waals surface area contributed by atoms with Crippen LogP contribution < -0.4 is 10.6 Å². The molecule has 3 aromatic rings. The number of oxazole rings is 1. The minimum Gasteiger partial charge on any atom is -0.451 e. The smallest absolute Gasteiger partial charge is 0.273 e. The summed E-state index contributed by atoms with van der Waals surface area (Å²) in [6.07, 6.45) is 4.62. The van der Waals surface area contributed by atoms with Crippen LogP contribution >= 0.6 is 0 Å². The van der Waals surface area contributed by atoms with Crippen molar-refractivity contribution in [2.45, 2.75) is 25.6 Å². The molecule has 26 heavy (non-hydrogen) atoms. The van der Waals surface area contributed by atoms with Crippen LogP contribution in [0, 0.1) is 0 Å². The maximum absolute atomic E-state index is 12.5. The Morgan fingerprint density at radius 2 is 2.08 bits per heavy atom. The van der Waals surface area contributed by atoms with E-state index >= 15 is 0 Å². The highest BCUT2D eigenvalue weighted by atomic mass is 16.3. The normalized spacial score (nSPS) is 15.5. The Morgan fingerprint density at radius 1 is 1.23 bits per heavy atom. The van der Waals surface area contributed by atoms with Crippen molar-refractivity contribution in [3.8, 4) is 0 Å². The van der Waals surface area contributed by atoms with Crippen LogP contribution in [-0.2, 0) is 19.5 Å². The minimum absolute atomic E-state index is 0.136. The lowest BCUT2D eigenvalue weighted by Crippen LogP contribution is -2.36. The molecular formula is C18H17N5O3. The first kappa shape index (κ1) is 16.1. The number of fused-ring (bicyclic) bond motifs is 1. The molecular weight excluding hydrogens is 334 g/mol. The Balaban J connectivity index is 1.38. The molecule has 2 amide bonds. The van der Waals surface area contributed by atoms with Crippen molar-refractivity contribution in [1.82, 2.24) is 25.4 Å². The van der Waals surface area contributed by atoms with Gasteiger partial charge in [0, 0.05) is 13.0 Å². The summed E-state index contributed by atoms with van der Waals surface area (Å²) in [6.45, 7) is 0.974. The van der Waals surface area contributed by atoms with Gasteiger partial charge in [-0.2, -0.15) is 5.10 Å². The van der Waals surface area contributed by atoms with E-state index < -0.39 is 0 Å². The van der Waals surface area contributed by atoms with Gasteiger partial charge < -0.3 is 15.1 Å². The van der Waals surface area contributed by atoms with Crippen LogP contribution in [-0.4, -0.2) is 32.6 Å². The molecule has 1 aliphatic rings. The average molecular weight is 351 g/mol. The molecule has 0 saturated carbocycles. The Kier molecular flexibility index (Phi) is 4.22. The lowest BCUT2D eigenvalue weighted by atomic mass is 10.1. The number of amides is 2. The third-order valence-corrected chi connectivity index (χ3v) is 4.32. The number of nitrogens with zero attached hydrogens (tertiary/aromatic N) is 3. The van der Waals surface area contributed by atoms with Crippen molar-refractivity contribution < 1.29 is 14.0 Å². The molecule has 0 bridgehead atoms. The number of rotatable bonds is 5. The van der Waals surface area contributed by atoms with E-state index in [0.717, 1.165) is 11.3 Å². The molecule has 4 rings (SSSR count). The summed E-state index contributed by atoms with van der Waals surface area (Å²) in [4.78, 5) is 28.4. The summed E-state index contributed by atoms with van der Waals surface area (Å²) in [7, 11) is 0. The summed E-state index contributed by atoms with van der Waals surface area (Å²) in [5, 5.41) is 10.1. The molecule has 1 aromatic carbocycles. The predicted molar refractivity (Wildman–Crippen MR) is 91.3 cm³/mol. The van der Waals surface area contributed by atoms with E-state index in [1.807, 2.05) is 30.3 Å². The van der Waals surface area contributed by atoms with Crippen molar-refractivity contribution in [3.63, 3.8) is 0 Å². The van der Waals surface area contributed by atoms with Crippen molar-refractivity contribution in [3.05, 3.63) is 71.7 Å². The lowest BCUT2D eigenvalue weighted by molar-refractivity contribution is 0.0930. The molecule has 8 nitrogen and oxygen atoms in total. The zero-order valence-electron chi connectivity index (χ0n) is 13.9. The molecule has 3 heterocycles. The second-order valence-corrected chi connectivity index (χ2v) is 6.10. The molecule has 0 radical (unpaired) electrons. The molecule has 1 aliphatic heterocycles.